The van der Waals surface area contributed by atoms with Crippen LogP contribution >= 0.6 is 27.3 Å². The molecule has 0 aliphatic carbocycles. The van der Waals surface area contributed by atoms with Crippen LogP contribution in [0.2, 0.25) is 0 Å². The van der Waals surface area contributed by atoms with Gasteiger partial charge in [0, 0.05) is 6.04 Å². The Bertz CT molecular complexity index is 505. The number of aromatic nitrogens is 2. The van der Waals surface area contributed by atoms with Crippen LogP contribution in [0.15, 0.2) is 27.5 Å². The van der Waals surface area contributed by atoms with Crippen molar-refractivity contribution < 1.29 is 0 Å². The number of nitrogens with zero attached hydrogens (tertiary/aromatic N) is 2. The standard InChI is InChI=1S/C14H20BrN3S/c1-4-6-16-13(11-5-7-19-9-11)14-12(15)8-17-18(14)10(2)3/h5,7-10,13,16H,4,6H2,1-3H3. The first kappa shape index (κ1) is 14.8. The Balaban J connectivity index is 2.40. The van der Waals surface area contributed by atoms with Crippen LogP contribution < -0.4 is 5.32 Å². The van der Waals surface area contributed by atoms with E-state index in [4.69, 9.17) is 0 Å². The summed E-state index contributed by atoms with van der Waals surface area (Å²) in [5, 5.41) is 12.4. The lowest BCUT2D eigenvalue weighted by atomic mass is 10.1. The summed E-state index contributed by atoms with van der Waals surface area (Å²) in [6, 6.07) is 2.73. The Morgan fingerprint density at radius 3 is 2.84 bits per heavy atom. The van der Waals surface area contributed by atoms with Crippen molar-refractivity contribution in [2.24, 2.45) is 0 Å². The summed E-state index contributed by atoms with van der Waals surface area (Å²) in [4.78, 5) is 0. The predicted molar refractivity (Wildman–Crippen MR) is 84.8 cm³/mol. The second-order valence-corrected chi connectivity index (χ2v) is 6.49. The Morgan fingerprint density at radius 1 is 1.47 bits per heavy atom. The van der Waals surface area contributed by atoms with Gasteiger partial charge in [-0.05, 0) is 65.1 Å². The zero-order valence-corrected chi connectivity index (χ0v) is 14.0. The van der Waals surface area contributed by atoms with E-state index in [2.05, 4.69) is 68.6 Å². The molecule has 2 rings (SSSR count). The molecule has 0 aliphatic rings. The van der Waals surface area contributed by atoms with E-state index in [1.807, 2.05) is 6.20 Å². The number of thiophene rings is 1. The van der Waals surface area contributed by atoms with E-state index in [0.717, 1.165) is 17.4 Å². The molecule has 1 atom stereocenters. The first-order valence-electron chi connectivity index (χ1n) is 6.63. The molecule has 0 aromatic carbocycles. The lowest BCUT2D eigenvalue weighted by Crippen LogP contribution is -2.26. The molecular formula is C14H20BrN3S. The highest BCUT2D eigenvalue weighted by Crippen LogP contribution is 2.31. The highest BCUT2D eigenvalue weighted by Gasteiger charge is 2.22. The molecule has 0 radical (unpaired) electrons. The van der Waals surface area contributed by atoms with Gasteiger partial charge in [0.2, 0.25) is 0 Å². The average Bonchev–Trinajstić information content (AvgIpc) is 3.01. The third-order valence-electron chi connectivity index (χ3n) is 3.02. The molecule has 1 unspecified atom stereocenters. The largest absolute Gasteiger partial charge is 0.305 e. The minimum absolute atomic E-state index is 0.200. The number of halogens is 1. The quantitative estimate of drug-likeness (QED) is 0.844. The average molecular weight is 342 g/mol. The summed E-state index contributed by atoms with van der Waals surface area (Å²) in [6.45, 7) is 7.50. The Hall–Kier alpha value is -0.650. The van der Waals surface area contributed by atoms with E-state index in [0.29, 0.717) is 6.04 Å². The maximum absolute atomic E-state index is 4.49. The molecule has 2 aromatic heterocycles. The molecule has 0 bridgehead atoms. The molecule has 19 heavy (non-hydrogen) atoms. The van der Waals surface area contributed by atoms with Gasteiger partial charge < -0.3 is 5.32 Å². The van der Waals surface area contributed by atoms with Crippen LogP contribution in [-0.4, -0.2) is 16.3 Å². The fourth-order valence-electron chi connectivity index (χ4n) is 2.13. The van der Waals surface area contributed by atoms with Crippen LogP contribution in [0.5, 0.6) is 0 Å². The van der Waals surface area contributed by atoms with Crippen molar-refractivity contribution in [1.29, 1.82) is 0 Å². The van der Waals surface area contributed by atoms with Crippen molar-refractivity contribution in [2.75, 3.05) is 6.54 Å². The topological polar surface area (TPSA) is 29.9 Å². The van der Waals surface area contributed by atoms with Crippen LogP contribution in [-0.2, 0) is 0 Å². The smallest absolute Gasteiger partial charge is 0.0768 e. The number of nitrogens with one attached hydrogen (secondary N) is 1. The monoisotopic (exact) mass is 341 g/mol. The van der Waals surface area contributed by atoms with E-state index in [-0.39, 0.29) is 6.04 Å². The molecule has 0 aliphatic heterocycles. The van der Waals surface area contributed by atoms with Crippen molar-refractivity contribution >= 4 is 27.3 Å². The minimum atomic E-state index is 0.200. The molecule has 2 aromatic rings. The van der Waals surface area contributed by atoms with E-state index in [9.17, 15) is 0 Å². The normalized spacial score (nSPS) is 13.1. The third kappa shape index (κ3) is 3.27. The Labute approximate surface area is 127 Å². The Kier molecular flexibility index (Phi) is 5.19. The van der Waals surface area contributed by atoms with Gasteiger partial charge in [-0.3, -0.25) is 4.68 Å². The van der Waals surface area contributed by atoms with Crippen molar-refractivity contribution in [2.45, 2.75) is 39.3 Å². The highest BCUT2D eigenvalue weighted by molar-refractivity contribution is 9.10. The maximum atomic E-state index is 4.49. The van der Waals surface area contributed by atoms with Crippen LogP contribution in [0.3, 0.4) is 0 Å². The van der Waals surface area contributed by atoms with Gasteiger partial charge in [0.1, 0.15) is 0 Å². The molecule has 104 valence electrons. The van der Waals surface area contributed by atoms with Gasteiger partial charge in [-0.2, -0.15) is 16.4 Å². The molecule has 2 heterocycles. The van der Waals surface area contributed by atoms with Crippen LogP contribution in [0.1, 0.15) is 50.5 Å². The van der Waals surface area contributed by atoms with Crippen molar-refractivity contribution in [3.63, 3.8) is 0 Å². The first-order chi connectivity index (χ1) is 9.15. The fraction of sp³-hybridized carbons (Fsp3) is 0.500. The fourth-order valence-corrected chi connectivity index (χ4v) is 3.32. The van der Waals surface area contributed by atoms with Gasteiger partial charge in [0.05, 0.1) is 22.4 Å². The Morgan fingerprint density at radius 2 is 2.26 bits per heavy atom. The molecule has 0 fully saturated rings. The van der Waals surface area contributed by atoms with E-state index in [1.54, 1.807) is 11.3 Å². The highest BCUT2D eigenvalue weighted by atomic mass is 79.9. The summed E-state index contributed by atoms with van der Waals surface area (Å²) < 4.78 is 3.16. The summed E-state index contributed by atoms with van der Waals surface area (Å²) in [6.07, 6.45) is 3.01. The molecule has 0 amide bonds. The minimum Gasteiger partial charge on any atom is -0.305 e. The van der Waals surface area contributed by atoms with Crippen LogP contribution in [0.25, 0.3) is 0 Å². The second-order valence-electron chi connectivity index (χ2n) is 4.86. The molecule has 0 saturated heterocycles. The van der Waals surface area contributed by atoms with Crippen molar-refractivity contribution in [3.05, 3.63) is 38.8 Å². The van der Waals surface area contributed by atoms with E-state index >= 15 is 0 Å². The zero-order chi connectivity index (χ0) is 13.8. The van der Waals surface area contributed by atoms with E-state index < -0.39 is 0 Å². The predicted octanol–water partition coefficient (Wildman–Crippen LogP) is 4.38. The van der Waals surface area contributed by atoms with Gasteiger partial charge in [-0.1, -0.05) is 6.92 Å². The maximum Gasteiger partial charge on any atom is 0.0768 e. The first-order valence-corrected chi connectivity index (χ1v) is 8.37. The number of hydrogen-bond acceptors (Lipinski definition) is 3. The third-order valence-corrected chi connectivity index (χ3v) is 4.34. The second kappa shape index (κ2) is 6.68. The lowest BCUT2D eigenvalue weighted by molar-refractivity contribution is 0.471. The van der Waals surface area contributed by atoms with Crippen LogP contribution in [0.4, 0.5) is 0 Å². The molecular weight excluding hydrogens is 322 g/mol. The molecule has 0 saturated carbocycles. The van der Waals surface area contributed by atoms with Crippen molar-refractivity contribution in [1.82, 2.24) is 15.1 Å². The summed E-state index contributed by atoms with van der Waals surface area (Å²) >= 11 is 5.38. The van der Waals surface area contributed by atoms with Gasteiger partial charge in [-0.25, -0.2) is 0 Å². The van der Waals surface area contributed by atoms with Gasteiger partial charge in [-0.15, -0.1) is 0 Å². The summed E-state index contributed by atoms with van der Waals surface area (Å²) in [7, 11) is 0. The van der Waals surface area contributed by atoms with Crippen molar-refractivity contribution in [3.8, 4) is 0 Å². The van der Waals surface area contributed by atoms with Gasteiger partial charge in [0.15, 0.2) is 0 Å². The molecule has 5 heteroatoms. The molecule has 3 nitrogen and oxygen atoms in total. The SMILES string of the molecule is CCCNC(c1ccsc1)c1c(Br)cnn1C(C)C. The zero-order valence-electron chi connectivity index (χ0n) is 11.6. The lowest BCUT2D eigenvalue weighted by Gasteiger charge is -2.21. The van der Waals surface area contributed by atoms with Gasteiger partial charge in [0.25, 0.3) is 0 Å². The summed E-state index contributed by atoms with van der Waals surface area (Å²) in [5.74, 6) is 0. The number of rotatable bonds is 6. The van der Waals surface area contributed by atoms with Gasteiger partial charge >= 0.3 is 0 Å². The van der Waals surface area contributed by atoms with E-state index in [1.165, 1.54) is 11.3 Å². The van der Waals surface area contributed by atoms with Crippen LogP contribution in [0, 0.1) is 0 Å². The molecule has 1 N–H and O–H groups in total. The molecule has 0 spiro atoms. The summed E-state index contributed by atoms with van der Waals surface area (Å²) in [5.41, 5.74) is 2.52. The number of hydrogen-bond donors (Lipinski definition) is 1.